The molecule has 0 N–H and O–H groups in total. The highest BCUT2D eigenvalue weighted by atomic mass is 16.6. The molecule has 0 radical (unpaired) electrons. The molecule has 6 nitrogen and oxygen atoms in total. The van der Waals surface area contributed by atoms with E-state index < -0.39 is 23.7 Å². The van der Waals surface area contributed by atoms with Crippen molar-refractivity contribution in [2.45, 2.75) is 45.6 Å². The molecule has 0 unspecified atom stereocenters. The Kier molecular flexibility index (Phi) is 5.99. The van der Waals surface area contributed by atoms with Crippen molar-refractivity contribution < 1.29 is 23.8 Å². The third kappa shape index (κ3) is 5.10. The maximum absolute atomic E-state index is 12.8. The lowest BCUT2D eigenvalue weighted by molar-refractivity contribution is -0.142. The van der Waals surface area contributed by atoms with Crippen molar-refractivity contribution in [1.82, 2.24) is 4.90 Å². The minimum atomic E-state index is -0.897. The van der Waals surface area contributed by atoms with Crippen LogP contribution in [0.25, 0.3) is 0 Å². The first kappa shape index (κ1) is 19.9. The molecule has 1 aliphatic rings. The maximum atomic E-state index is 12.8. The van der Waals surface area contributed by atoms with E-state index in [1.807, 2.05) is 42.5 Å². The lowest BCUT2D eigenvalue weighted by atomic mass is 10.1. The number of hydrogen-bond acceptors (Lipinski definition) is 5. The number of carbonyl (C=O) groups excluding carboxylic acids is 2. The number of para-hydroxylation sites is 1. The van der Waals surface area contributed by atoms with Crippen LogP contribution in [0.1, 0.15) is 31.9 Å². The Morgan fingerprint density at radius 2 is 1.79 bits per heavy atom. The fourth-order valence-electron chi connectivity index (χ4n) is 2.86. The number of carbonyl (C=O) groups is 2. The van der Waals surface area contributed by atoms with E-state index in [1.54, 1.807) is 32.9 Å². The van der Waals surface area contributed by atoms with Crippen molar-refractivity contribution in [3.8, 4) is 5.75 Å². The number of rotatable bonds is 4. The van der Waals surface area contributed by atoms with Crippen molar-refractivity contribution in [2.24, 2.45) is 0 Å². The second kappa shape index (κ2) is 8.44. The largest absolute Gasteiger partial charge is 0.444 e. The highest BCUT2D eigenvalue weighted by Crippen LogP contribution is 2.27. The second-order valence-electron chi connectivity index (χ2n) is 7.65. The van der Waals surface area contributed by atoms with Crippen molar-refractivity contribution in [2.75, 3.05) is 6.61 Å². The van der Waals surface area contributed by atoms with Crippen molar-refractivity contribution in [3.05, 3.63) is 65.7 Å². The predicted molar refractivity (Wildman–Crippen MR) is 104 cm³/mol. The normalized spacial score (nSPS) is 16.8. The van der Waals surface area contributed by atoms with Gasteiger partial charge in [-0.15, -0.1) is 0 Å². The number of esters is 1. The lowest BCUT2D eigenvalue weighted by Gasteiger charge is -2.30. The van der Waals surface area contributed by atoms with Crippen LogP contribution in [0, 0.1) is 0 Å². The summed E-state index contributed by atoms with van der Waals surface area (Å²) in [6.07, 6.45) is -0.575. The number of fused-ring (bicyclic) bond motifs is 1. The molecule has 28 heavy (non-hydrogen) atoms. The molecule has 1 atom stereocenters. The molecule has 0 saturated heterocycles. The van der Waals surface area contributed by atoms with Crippen LogP contribution in [-0.4, -0.2) is 35.2 Å². The van der Waals surface area contributed by atoms with Gasteiger partial charge in [0, 0.05) is 5.56 Å². The van der Waals surface area contributed by atoms with Crippen LogP contribution < -0.4 is 4.74 Å². The molecule has 0 bridgehead atoms. The highest BCUT2D eigenvalue weighted by Gasteiger charge is 2.37. The van der Waals surface area contributed by atoms with Gasteiger partial charge in [-0.2, -0.15) is 0 Å². The third-order valence-electron chi connectivity index (χ3n) is 4.19. The van der Waals surface area contributed by atoms with E-state index in [2.05, 4.69) is 0 Å². The smallest absolute Gasteiger partial charge is 0.411 e. The minimum absolute atomic E-state index is 0.0148. The van der Waals surface area contributed by atoms with Gasteiger partial charge < -0.3 is 14.2 Å². The molecule has 0 aromatic heterocycles. The summed E-state index contributed by atoms with van der Waals surface area (Å²) in [6.45, 7) is 5.92. The Balaban J connectivity index is 1.79. The quantitative estimate of drug-likeness (QED) is 0.591. The first-order valence-electron chi connectivity index (χ1n) is 9.24. The fourth-order valence-corrected chi connectivity index (χ4v) is 2.86. The molecule has 0 aliphatic carbocycles. The SMILES string of the molecule is CC(C)(C)OC(=O)N1Cc2ccccc2OC(=O)[C@@H]1COCc1ccccc1. The summed E-state index contributed by atoms with van der Waals surface area (Å²) >= 11 is 0. The topological polar surface area (TPSA) is 65.1 Å². The average molecular weight is 383 g/mol. The van der Waals surface area contributed by atoms with Gasteiger partial charge in [0.05, 0.1) is 19.8 Å². The number of amides is 1. The molecule has 6 heteroatoms. The van der Waals surface area contributed by atoms with E-state index in [1.165, 1.54) is 4.90 Å². The third-order valence-corrected chi connectivity index (χ3v) is 4.19. The second-order valence-corrected chi connectivity index (χ2v) is 7.65. The lowest BCUT2D eigenvalue weighted by Crippen LogP contribution is -2.49. The maximum Gasteiger partial charge on any atom is 0.411 e. The number of nitrogens with zero attached hydrogens (tertiary/aromatic N) is 1. The number of ether oxygens (including phenoxy) is 3. The monoisotopic (exact) mass is 383 g/mol. The van der Waals surface area contributed by atoms with Gasteiger partial charge >= 0.3 is 12.1 Å². The van der Waals surface area contributed by atoms with E-state index in [0.29, 0.717) is 12.4 Å². The molecule has 0 saturated carbocycles. The Morgan fingerprint density at radius 3 is 2.50 bits per heavy atom. The van der Waals surface area contributed by atoms with E-state index in [9.17, 15) is 9.59 Å². The number of hydrogen-bond donors (Lipinski definition) is 0. The van der Waals surface area contributed by atoms with E-state index in [4.69, 9.17) is 14.2 Å². The minimum Gasteiger partial charge on any atom is -0.444 e. The van der Waals surface area contributed by atoms with Crippen LogP contribution >= 0.6 is 0 Å². The van der Waals surface area contributed by atoms with Crippen molar-refractivity contribution in [3.63, 3.8) is 0 Å². The zero-order valence-electron chi connectivity index (χ0n) is 16.4. The van der Waals surface area contributed by atoms with Gasteiger partial charge in [0.2, 0.25) is 0 Å². The molecule has 1 amide bonds. The summed E-state index contributed by atoms with van der Waals surface area (Å²) in [5, 5.41) is 0. The molecular formula is C22H25NO5. The van der Waals surface area contributed by atoms with Gasteiger partial charge in [0.15, 0.2) is 6.04 Å². The standard InChI is InChI=1S/C22H25NO5/c1-22(2,3)28-21(25)23-13-17-11-7-8-12-19(17)27-20(24)18(23)15-26-14-16-9-5-4-6-10-16/h4-12,18H,13-15H2,1-3H3/t18-/m0/s1. The summed E-state index contributed by atoms with van der Waals surface area (Å²) in [5.74, 6) is -0.0875. The molecule has 3 rings (SSSR count). The molecule has 2 aromatic rings. The average Bonchev–Trinajstić information content (AvgIpc) is 2.78. The highest BCUT2D eigenvalue weighted by molar-refractivity contribution is 5.84. The van der Waals surface area contributed by atoms with Crippen LogP contribution in [0.4, 0.5) is 4.79 Å². The van der Waals surface area contributed by atoms with Crippen molar-refractivity contribution in [1.29, 1.82) is 0 Å². The molecule has 148 valence electrons. The zero-order valence-corrected chi connectivity index (χ0v) is 16.4. The first-order valence-corrected chi connectivity index (χ1v) is 9.24. The Morgan fingerprint density at radius 1 is 1.11 bits per heavy atom. The summed E-state index contributed by atoms with van der Waals surface area (Å²) in [4.78, 5) is 26.9. The van der Waals surface area contributed by atoms with Crippen LogP contribution in [0.3, 0.4) is 0 Å². The van der Waals surface area contributed by atoms with E-state index in [0.717, 1.165) is 11.1 Å². The first-order chi connectivity index (χ1) is 13.3. The van der Waals surface area contributed by atoms with Gasteiger partial charge in [-0.05, 0) is 32.4 Å². The van der Waals surface area contributed by atoms with E-state index >= 15 is 0 Å². The van der Waals surface area contributed by atoms with Gasteiger partial charge in [-0.3, -0.25) is 4.90 Å². The molecule has 2 aromatic carbocycles. The fraction of sp³-hybridized carbons (Fsp3) is 0.364. The predicted octanol–water partition coefficient (Wildman–Crippen LogP) is 3.93. The molecule has 0 fully saturated rings. The number of benzene rings is 2. The van der Waals surface area contributed by atoms with Crippen LogP contribution in [0.2, 0.25) is 0 Å². The van der Waals surface area contributed by atoms with Crippen LogP contribution in [0.15, 0.2) is 54.6 Å². The molecule has 1 aliphatic heterocycles. The summed E-state index contributed by atoms with van der Waals surface area (Å²) in [6, 6.07) is 15.9. The summed E-state index contributed by atoms with van der Waals surface area (Å²) in [7, 11) is 0. The molecule has 1 heterocycles. The Bertz CT molecular complexity index is 828. The summed E-state index contributed by atoms with van der Waals surface area (Å²) in [5.41, 5.74) is 1.05. The summed E-state index contributed by atoms with van der Waals surface area (Å²) < 4.78 is 16.8. The van der Waals surface area contributed by atoms with Gasteiger partial charge in [-0.1, -0.05) is 48.5 Å². The van der Waals surface area contributed by atoms with Crippen LogP contribution in [-0.2, 0) is 27.4 Å². The zero-order chi connectivity index (χ0) is 20.1. The van der Waals surface area contributed by atoms with Gasteiger partial charge in [0.25, 0.3) is 0 Å². The molecular weight excluding hydrogens is 358 g/mol. The van der Waals surface area contributed by atoms with Crippen LogP contribution in [0.5, 0.6) is 5.75 Å². The van der Waals surface area contributed by atoms with E-state index in [-0.39, 0.29) is 13.2 Å². The van der Waals surface area contributed by atoms with Gasteiger partial charge in [0.1, 0.15) is 11.4 Å². The Labute approximate surface area is 165 Å². The van der Waals surface area contributed by atoms with Crippen molar-refractivity contribution >= 4 is 12.1 Å². The van der Waals surface area contributed by atoms with Gasteiger partial charge in [-0.25, -0.2) is 9.59 Å². The molecule has 0 spiro atoms. The Hall–Kier alpha value is -2.86.